The average Bonchev–Trinajstić information content (AvgIpc) is 3.04. The van der Waals surface area contributed by atoms with Crippen LogP contribution in [-0.2, 0) is 15.8 Å². The number of likely N-dealkylation sites (tertiary alicyclic amines) is 1. The van der Waals surface area contributed by atoms with E-state index in [2.05, 4.69) is 5.32 Å². The maximum atomic E-state index is 13.0. The molecule has 3 rings (SSSR count). The van der Waals surface area contributed by atoms with Gasteiger partial charge in [-0.3, -0.25) is 14.5 Å². The van der Waals surface area contributed by atoms with E-state index in [9.17, 15) is 27.9 Å². The van der Waals surface area contributed by atoms with E-state index in [4.69, 9.17) is 0 Å². The Morgan fingerprint density at radius 2 is 2.04 bits per heavy atom. The summed E-state index contributed by atoms with van der Waals surface area (Å²) in [5, 5.41) is 11.8. The second-order valence-electron chi connectivity index (χ2n) is 6.81. The molecule has 1 heterocycles. The summed E-state index contributed by atoms with van der Waals surface area (Å²) in [6, 6.07) is 4.80. The Bertz CT molecular complexity index is 692. The summed E-state index contributed by atoms with van der Waals surface area (Å²) in [4.78, 5) is 25.5. The molecule has 1 saturated carbocycles. The van der Waals surface area contributed by atoms with Crippen LogP contribution in [0.4, 0.5) is 18.9 Å². The second kappa shape index (κ2) is 6.33. The van der Waals surface area contributed by atoms with Crippen molar-refractivity contribution in [2.24, 2.45) is 11.3 Å². The topological polar surface area (TPSA) is 69.6 Å². The lowest BCUT2D eigenvalue weighted by atomic mass is 9.81. The van der Waals surface area contributed by atoms with Crippen molar-refractivity contribution in [1.82, 2.24) is 4.90 Å². The van der Waals surface area contributed by atoms with Gasteiger partial charge in [0.05, 0.1) is 23.2 Å². The van der Waals surface area contributed by atoms with E-state index in [0.29, 0.717) is 13.0 Å². The van der Waals surface area contributed by atoms with Crippen LogP contribution in [0.15, 0.2) is 24.3 Å². The third kappa shape index (κ3) is 3.35. The molecule has 8 heteroatoms. The predicted molar refractivity (Wildman–Crippen MR) is 83.9 cm³/mol. The first-order chi connectivity index (χ1) is 11.7. The summed E-state index contributed by atoms with van der Waals surface area (Å²) in [5.74, 6) is -1.42. The number of hydrogen-bond acceptors (Lipinski definition) is 3. The number of halogens is 3. The summed E-state index contributed by atoms with van der Waals surface area (Å²) < 4.78 is 38.9. The highest BCUT2D eigenvalue weighted by molar-refractivity contribution is 5.93. The van der Waals surface area contributed by atoms with Crippen molar-refractivity contribution in [2.75, 3.05) is 25.0 Å². The van der Waals surface area contributed by atoms with Crippen molar-refractivity contribution in [3.63, 3.8) is 0 Å². The predicted octanol–water partition coefficient (Wildman–Crippen LogP) is 2.83. The summed E-state index contributed by atoms with van der Waals surface area (Å²) >= 11 is 0. The highest BCUT2D eigenvalue weighted by Gasteiger charge is 2.54. The van der Waals surface area contributed by atoms with Crippen LogP contribution in [0.5, 0.6) is 0 Å². The molecule has 25 heavy (non-hydrogen) atoms. The molecule has 2 fully saturated rings. The van der Waals surface area contributed by atoms with Gasteiger partial charge in [0.15, 0.2) is 0 Å². The fourth-order valence-corrected chi connectivity index (χ4v) is 4.10. The molecule has 1 aliphatic heterocycles. The number of benzene rings is 1. The Morgan fingerprint density at radius 3 is 2.68 bits per heavy atom. The van der Waals surface area contributed by atoms with E-state index < -0.39 is 29.0 Å². The average molecular weight is 356 g/mol. The number of anilines is 1. The smallest absolute Gasteiger partial charge is 0.418 e. The highest BCUT2D eigenvalue weighted by Crippen LogP contribution is 2.48. The summed E-state index contributed by atoms with van der Waals surface area (Å²) in [5.41, 5.74) is -2.00. The molecule has 0 spiro atoms. The summed E-state index contributed by atoms with van der Waals surface area (Å²) in [6.45, 7) is 0.639. The second-order valence-corrected chi connectivity index (χ2v) is 6.81. The van der Waals surface area contributed by atoms with Gasteiger partial charge >= 0.3 is 12.1 Å². The third-order valence-electron chi connectivity index (χ3n) is 5.24. The standard InChI is InChI=1S/C17H19F3N2O3/c18-17(19,20)12-5-1-2-6-13(12)21-14(23)9-22-8-11-4-3-7-16(11,10-22)15(24)25/h1-2,5-6,11H,3-4,7-10H2,(H,21,23)(H,24,25)/t11-,16+/m0/s1. The Labute approximate surface area is 142 Å². The van der Waals surface area contributed by atoms with Crippen LogP contribution in [0.25, 0.3) is 0 Å². The minimum Gasteiger partial charge on any atom is -0.481 e. The minimum absolute atomic E-state index is 0.000242. The molecule has 2 aliphatic rings. The van der Waals surface area contributed by atoms with Gasteiger partial charge in [0.2, 0.25) is 5.91 Å². The van der Waals surface area contributed by atoms with Gasteiger partial charge in [0, 0.05) is 13.1 Å². The van der Waals surface area contributed by atoms with Crippen molar-refractivity contribution < 1.29 is 27.9 Å². The largest absolute Gasteiger partial charge is 0.481 e. The zero-order chi connectivity index (χ0) is 18.2. The Morgan fingerprint density at radius 1 is 1.32 bits per heavy atom. The molecule has 5 nitrogen and oxygen atoms in total. The third-order valence-corrected chi connectivity index (χ3v) is 5.24. The molecule has 0 unspecified atom stereocenters. The first kappa shape index (κ1) is 17.7. The molecule has 0 radical (unpaired) electrons. The van der Waals surface area contributed by atoms with E-state index in [0.717, 1.165) is 18.9 Å². The normalized spacial score (nSPS) is 26.4. The molecular weight excluding hydrogens is 337 g/mol. The molecule has 1 saturated heterocycles. The van der Waals surface area contributed by atoms with Gasteiger partial charge in [0.1, 0.15) is 0 Å². The Kier molecular flexibility index (Phi) is 4.49. The number of aliphatic carboxylic acids is 1. The fraction of sp³-hybridized carbons (Fsp3) is 0.529. The number of carbonyl (C=O) groups is 2. The summed E-state index contributed by atoms with van der Waals surface area (Å²) in [7, 11) is 0. The Balaban J connectivity index is 1.66. The van der Waals surface area contributed by atoms with Crippen molar-refractivity contribution >= 4 is 17.6 Å². The first-order valence-electron chi connectivity index (χ1n) is 8.14. The molecule has 1 aromatic carbocycles. The molecule has 1 amide bonds. The highest BCUT2D eigenvalue weighted by atomic mass is 19.4. The lowest BCUT2D eigenvalue weighted by Gasteiger charge is -2.23. The van der Waals surface area contributed by atoms with Gasteiger partial charge in [0.25, 0.3) is 0 Å². The number of fused-ring (bicyclic) bond motifs is 1. The Hall–Kier alpha value is -2.09. The first-order valence-corrected chi connectivity index (χ1v) is 8.14. The van der Waals surface area contributed by atoms with E-state index in [1.165, 1.54) is 18.2 Å². The molecule has 2 atom stereocenters. The van der Waals surface area contributed by atoms with Gasteiger partial charge in [-0.25, -0.2) is 0 Å². The number of carboxylic acids is 1. The van der Waals surface area contributed by atoms with E-state index in [-0.39, 0.29) is 24.7 Å². The maximum absolute atomic E-state index is 13.0. The number of carboxylic acid groups (broad SMARTS) is 1. The van der Waals surface area contributed by atoms with Gasteiger partial charge < -0.3 is 10.4 Å². The van der Waals surface area contributed by atoms with Gasteiger partial charge in [-0.15, -0.1) is 0 Å². The lowest BCUT2D eigenvalue weighted by Crippen LogP contribution is -2.37. The molecule has 0 bridgehead atoms. The van der Waals surface area contributed by atoms with E-state index >= 15 is 0 Å². The number of alkyl halides is 3. The van der Waals surface area contributed by atoms with Crippen LogP contribution in [0.1, 0.15) is 24.8 Å². The number of rotatable bonds is 4. The van der Waals surface area contributed by atoms with Crippen molar-refractivity contribution in [3.05, 3.63) is 29.8 Å². The number of nitrogens with one attached hydrogen (secondary N) is 1. The quantitative estimate of drug-likeness (QED) is 0.870. The van der Waals surface area contributed by atoms with Gasteiger partial charge in [-0.2, -0.15) is 13.2 Å². The number of carbonyl (C=O) groups excluding carboxylic acids is 1. The van der Waals surface area contributed by atoms with Crippen LogP contribution < -0.4 is 5.32 Å². The fourth-order valence-electron chi connectivity index (χ4n) is 4.10. The SMILES string of the molecule is O=C(CN1C[C@@H]2CCC[C@@]2(C(=O)O)C1)Nc1ccccc1C(F)(F)F. The van der Waals surface area contributed by atoms with Gasteiger partial charge in [-0.05, 0) is 30.9 Å². The number of para-hydroxylation sites is 1. The van der Waals surface area contributed by atoms with Crippen LogP contribution >= 0.6 is 0 Å². The molecule has 1 aliphatic carbocycles. The monoisotopic (exact) mass is 356 g/mol. The molecule has 0 aromatic heterocycles. The maximum Gasteiger partial charge on any atom is 0.418 e. The van der Waals surface area contributed by atoms with E-state index in [1.807, 2.05) is 0 Å². The lowest BCUT2D eigenvalue weighted by molar-refractivity contribution is -0.149. The number of nitrogens with zero attached hydrogens (tertiary/aromatic N) is 1. The van der Waals surface area contributed by atoms with Crippen molar-refractivity contribution in [1.29, 1.82) is 0 Å². The zero-order valence-corrected chi connectivity index (χ0v) is 13.5. The van der Waals surface area contributed by atoms with Crippen molar-refractivity contribution in [3.8, 4) is 0 Å². The van der Waals surface area contributed by atoms with Crippen LogP contribution in [0.3, 0.4) is 0 Å². The summed E-state index contributed by atoms with van der Waals surface area (Å²) in [6.07, 6.45) is -2.30. The van der Waals surface area contributed by atoms with E-state index in [1.54, 1.807) is 4.90 Å². The molecule has 2 N–H and O–H groups in total. The molecular formula is C17H19F3N2O3. The number of amides is 1. The van der Waals surface area contributed by atoms with Crippen LogP contribution in [0, 0.1) is 11.3 Å². The van der Waals surface area contributed by atoms with Crippen molar-refractivity contribution in [2.45, 2.75) is 25.4 Å². The molecule has 1 aromatic rings. The molecule has 136 valence electrons. The van der Waals surface area contributed by atoms with Crippen LogP contribution in [-0.4, -0.2) is 41.5 Å². The van der Waals surface area contributed by atoms with Crippen LogP contribution in [0.2, 0.25) is 0 Å². The van der Waals surface area contributed by atoms with Gasteiger partial charge in [-0.1, -0.05) is 18.6 Å². The number of hydrogen-bond donors (Lipinski definition) is 2. The zero-order valence-electron chi connectivity index (χ0n) is 13.5. The minimum atomic E-state index is -4.55.